The largest absolute Gasteiger partial charge is 0.496 e. The van der Waals surface area contributed by atoms with E-state index in [0.29, 0.717) is 7.11 Å². The van der Waals surface area contributed by atoms with Crippen LogP contribution in [0, 0.1) is 0 Å². The minimum Gasteiger partial charge on any atom is -0.496 e. The van der Waals surface area contributed by atoms with Crippen molar-refractivity contribution in [2.24, 2.45) is 4.99 Å². The Morgan fingerprint density at radius 2 is 1.74 bits per heavy atom. The Labute approximate surface area is 101 Å². The number of nitrogens with zero attached hydrogens (tertiary/aromatic N) is 1. The molecule has 1 atom stereocenters. The number of hydrogen-bond donors (Lipinski definition) is 1. The van der Waals surface area contributed by atoms with Gasteiger partial charge in [-0.05, 0) is 0 Å². The summed E-state index contributed by atoms with van der Waals surface area (Å²) in [6.07, 6.45) is -13.2. The molecule has 0 radical (unpaired) electrons. The highest BCUT2D eigenvalue weighted by Crippen LogP contribution is 2.38. The number of ether oxygens (including phenoxy) is 1. The van der Waals surface area contributed by atoms with Crippen LogP contribution >= 0.6 is 0 Å². The van der Waals surface area contributed by atoms with E-state index in [1.165, 1.54) is 0 Å². The maximum absolute atomic E-state index is 12.5. The van der Waals surface area contributed by atoms with E-state index in [9.17, 15) is 36.2 Å². The summed E-state index contributed by atoms with van der Waals surface area (Å²) in [7, 11) is 0.695. The van der Waals surface area contributed by atoms with Crippen molar-refractivity contribution < 1.29 is 41.0 Å². The van der Waals surface area contributed by atoms with E-state index < -0.39 is 41.2 Å². The molecular formula is C9H5F6NO3. The van der Waals surface area contributed by atoms with Crippen molar-refractivity contribution in [3.63, 3.8) is 0 Å². The van der Waals surface area contributed by atoms with Gasteiger partial charge in [-0.25, -0.2) is 9.79 Å². The third kappa shape index (κ3) is 2.79. The fourth-order valence-electron chi connectivity index (χ4n) is 1.35. The Morgan fingerprint density at radius 3 is 2.05 bits per heavy atom. The van der Waals surface area contributed by atoms with Crippen molar-refractivity contribution in [3.05, 3.63) is 17.0 Å². The van der Waals surface area contributed by atoms with E-state index in [0.717, 1.165) is 5.94 Å². The van der Waals surface area contributed by atoms with Crippen LogP contribution in [0.15, 0.2) is 22.0 Å². The van der Waals surface area contributed by atoms with Gasteiger partial charge in [0, 0.05) is 0 Å². The molecule has 4 nitrogen and oxygen atoms in total. The van der Waals surface area contributed by atoms with Crippen LogP contribution in [0.2, 0.25) is 0 Å². The van der Waals surface area contributed by atoms with Crippen LogP contribution in [0.1, 0.15) is 0 Å². The van der Waals surface area contributed by atoms with Crippen molar-refractivity contribution in [1.29, 1.82) is 0 Å². The number of methoxy groups -OCH3 is 1. The molecule has 0 saturated heterocycles. The lowest BCUT2D eigenvalue weighted by molar-refractivity contribution is -0.0990. The number of aliphatic imine (C=N–C) groups is 1. The van der Waals surface area contributed by atoms with E-state index in [2.05, 4.69) is 9.73 Å². The second-order valence-electron chi connectivity index (χ2n) is 3.29. The first-order chi connectivity index (χ1) is 8.54. The van der Waals surface area contributed by atoms with Gasteiger partial charge in [0.05, 0.1) is 7.11 Å². The number of rotatable bonds is 1. The topological polar surface area (TPSA) is 58.9 Å². The molecule has 10 heteroatoms. The number of carbonyl (C=O) groups excluding carboxylic acids is 1. The summed E-state index contributed by atoms with van der Waals surface area (Å²) in [5, 5.41) is 9.33. The zero-order valence-electron chi connectivity index (χ0n) is 9.06. The zero-order chi connectivity index (χ0) is 15.0. The lowest BCUT2D eigenvalue weighted by atomic mass is 9.99. The molecule has 0 spiro atoms. The second kappa shape index (κ2) is 4.71. The minimum absolute atomic E-state index is 0.695. The molecule has 0 bridgehead atoms. The van der Waals surface area contributed by atoms with Gasteiger partial charge in [-0.3, -0.25) is 0 Å². The third-order valence-electron chi connectivity index (χ3n) is 2.10. The van der Waals surface area contributed by atoms with Crippen molar-refractivity contribution in [2.45, 2.75) is 18.5 Å². The molecule has 1 unspecified atom stereocenters. The van der Waals surface area contributed by atoms with Gasteiger partial charge in [-0.1, -0.05) is 0 Å². The maximum atomic E-state index is 12.5. The molecule has 106 valence electrons. The molecule has 1 rings (SSSR count). The maximum Gasteiger partial charge on any atom is 0.436 e. The summed E-state index contributed by atoms with van der Waals surface area (Å²) >= 11 is 0. The Kier molecular flexibility index (Phi) is 3.78. The van der Waals surface area contributed by atoms with E-state index in [1.807, 2.05) is 0 Å². The predicted molar refractivity (Wildman–Crippen MR) is 48.8 cm³/mol. The molecule has 0 saturated carbocycles. The van der Waals surface area contributed by atoms with Crippen LogP contribution in [0.3, 0.4) is 0 Å². The summed E-state index contributed by atoms with van der Waals surface area (Å²) in [6, 6.07) is 0. The number of allylic oxidation sites excluding steroid dienone is 1. The van der Waals surface area contributed by atoms with Crippen molar-refractivity contribution in [1.82, 2.24) is 0 Å². The minimum atomic E-state index is -5.34. The quantitative estimate of drug-likeness (QED) is 0.588. The number of alkyl halides is 6. The predicted octanol–water partition coefficient (Wildman–Crippen LogP) is 1.54. The van der Waals surface area contributed by atoms with Gasteiger partial charge in [0.25, 0.3) is 0 Å². The Balaban J connectivity index is 3.60. The normalized spacial score (nSPS) is 21.2. The van der Waals surface area contributed by atoms with Gasteiger partial charge in [-0.2, -0.15) is 26.3 Å². The molecule has 0 amide bonds. The lowest BCUT2D eigenvalue weighted by Gasteiger charge is -2.25. The molecule has 1 aliphatic rings. The molecule has 0 aromatic heterocycles. The monoisotopic (exact) mass is 289 g/mol. The first kappa shape index (κ1) is 15.3. The van der Waals surface area contributed by atoms with Crippen molar-refractivity contribution in [3.8, 4) is 0 Å². The number of hydrogen-bond acceptors (Lipinski definition) is 4. The smallest absolute Gasteiger partial charge is 0.436 e. The summed E-state index contributed by atoms with van der Waals surface area (Å²) in [5.74, 6) is -0.562. The standard InChI is InChI=1S/C9H5F6NO3/c1-19-5-4(18)3(2-17)6(8(10,11)12)16-7(5)9(13,14)15/h4,18H,1H3. The first-order valence-corrected chi connectivity index (χ1v) is 4.48. The van der Waals surface area contributed by atoms with E-state index in [1.54, 1.807) is 0 Å². The highest BCUT2D eigenvalue weighted by atomic mass is 19.4. The number of aliphatic hydroxyl groups excluding tert-OH is 1. The Bertz CT molecular complexity index is 495. The highest BCUT2D eigenvalue weighted by Gasteiger charge is 2.50. The van der Waals surface area contributed by atoms with Crippen LogP contribution in [0.25, 0.3) is 0 Å². The van der Waals surface area contributed by atoms with Crippen molar-refractivity contribution in [2.75, 3.05) is 7.11 Å². The number of aliphatic hydroxyl groups is 1. The molecule has 1 heterocycles. The molecular weight excluding hydrogens is 284 g/mol. The van der Waals surface area contributed by atoms with Crippen LogP contribution in [-0.4, -0.2) is 42.3 Å². The van der Waals surface area contributed by atoms with Gasteiger partial charge >= 0.3 is 12.4 Å². The summed E-state index contributed by atoms with van der Waals surface area (Å²) in [5.41, 5.74) is -5.66. The molecule has 0 aliphatic carbocycles. The van der Waals surface area contributed by atoms with Gasteiger partial charge in [0.2, 0.25) is 0 Å². The Morgan fingerprint density at radius 1 is 1.21 bits per heavy atom. The van der Waals surface area contributed by atoms with Crippen LogP contribution < -0.4 is 0 Å². The average Bonchev–Trinajstić information content (AvgIpc) is 2.24. The molecule has 1 aliphatic heterocycles. The SMILES string of the molecule is COC1=C(C(F)(F)F)N=C(C(F)(F)F)C(=C=O)C1O. The molecule has 0 aromatic rings. The zero-order valence-corrected chi connectivity index (χ0v) is 9.06. The van der Waals surface area contributed by atoms with Crippen LogP contribution in [0.4, 0.5) is 26.3 Å². The average molecular weight is 289 g/mol. The van der Waals surface area contributed by atoms with Crippen LogP contribution in [0.5, 0.6) is 0 Å². The van der Waals surface area contributed by atoms with Gasteiger partial charge in [-0.15, -0.1) is 0 Å². The Hall–Kier alpha value is -1.80. The second-order valence-corrected chi connectivity index (χ2v) is 3.29. The fourth-order valence-corrected chi connectivity index (χ4v) is 1.35. The summed E-state index contributed by atoms with van der Waals surface area (Å²) in [4.78, 5) is 12.7. The van der Waals surface area contributed by atoms with E-state index in [-0.39, 0.29) is 0 Å². The number of halogens is 6. The summed E-state index contributed by atoms with van der Waals surface area (Å²) < 4.78 is 79.1. The molecule has 1 N–H and O–H groups in total. The van der Waals surface area contributed by atoms with E-state index >= 15 is 0 Å². The fraction of sp³-hybridized carbons (Fsp3) is 0.444. The lowest BCUT2D eigenvalue weighted by Crippen LogP contribution is -2.38. The third-order valence-corrected chi connectivity index (χ3v) is 2.10. The van der Waals surface area contributed by atoms with Crippen LogP contribution in [-0.2, 0) is 9.53 Å². The molecule has 19 heavy (non-hydrogen) atoms. The van der Waals surface area contributed by atoms with Gasteiger partial charge in [0.1, 0.15) is 11.5 Å². The molecule has 0 aromatic carbocycles. The van der Waals surface area contributed by atoms with Crippen molar-refractivity contribution >= 4 is 11.7 Å². The molecule has 0 fully saturated rings. The van der Waals surface area contributed by atoms with Gasteiger partial charge in [0.15, 0.2) is 23.3 Å². The van der Waals surface area contributed by atoms with E-state index in [4.69, 9.17) is 0 Å². The van der Waals surface area contributed by atoms with Gasteiger partial charge < -0.3 is 9.84 Å². The first-order valence-electron chi connectivity index (χ1n) is 4.48. The summed E-state index contributed by atoms with van der Waals surface area (Å²) in [6.45, 7) is 0. The highest BCUT2D eigenvalue weighted by molar-refractivity contribution is 6.12.